The Morgan fingerprint density at radius 2 is 1.54 bits per heavy atom. The molecule has 0 atom stereocenters. The van der Waals surface area contributed by atoms with Crippen LogP contribution in [0.15, 0.2) is 0 Å². The van der Waals surface area contributed by atoms with Crippen LogP contribution < -0.4 is 10.7 Å². The Labute approximate surface area is 143 Å². The fourth-order valence-electron chi connectivity index (χ4n) is 4.05. The van der Waals surface area contributed by atoms with E-state index in [2.05, 4.69) is 15.6 Å². The highest BCUT2D eigenvalue weighted by Gasteiger charge is 2.52. The van der Waals surface area contributed by atoms with Crippen LogP contribution in [0.3, 0.4) is 0 Å². The maximum Gasteiger partial charge on any atom is 0.344 e. The van der Waals surface area contributed by atoms with Crippen molar-refractivity contribution in [2.75, 3.05) is 19.6 Å². The predicted molar refractivity (Wildman–Crippen MR) is 88.9 cm³/mol. The third-order valence-electron chi connectivity index (χ3n) is 5.42. The minimum absolute atomic E-state index is 0.240. The highest BCUT2D eigenvalue weighted by molar-refractivity contribution is 6.08. The number of rotatable bonds is 3. The van der Waals surface area contributed by atoms with E-state index >= 15 is 0 Å². The van der Waals surface area contributed by atoms with Crippen molar-refractivity contribution in [3.05, 3.63) is 0 Å². The minimum atomic E-state index is -0.789. The normalized spacial score (nSPS) is 25.2. The molecule has 1 aliphatic carbocycles. The predicted octanol–water partition coefficient (Wildman–Crippen LogP) is 1.54. The molecule has 1 spiro atoms. The molecule has 7 heteroatoms. The van der Waals surface area contributed by atoms with E-state index in [-0.39, 0.29) is 18.4 Å². The molecule has 0 radical (unpaired) electrons. The van der Waals surface area contributed by atoms with Gasteiger partial charge >= 0.3 is 6.03 Å². The molecule has 7 nitrogen and oxygen atoms in total. The number of hydrogen-bond acceptors (Lipinski definition) is 4. The van der Waals surface area contributed by atoms with Gasteiger partial charge in [-0.25, -0.2) is 4.79 Å². The molecular formula is C17H28N4O3. The molecule has 0 aromatic rings. The number of likely N-dealkylation sites (tertiary alicyclic amines) is 1. The summed E-state index contributed by atoms with van der Waals surface area (Å²) in [4.78, 5) is 39.2. The van der Waals surface area contributed by atoms with Crippen LogP contribution in [0.2, 0.25) is 0 Å². The molecule has 0 aromatic heterocycles. The molecule has 134 valence electrons. The number of carbonyl (C=O) groups is 3. The van der Waals surface area contributed by atoms with Crippen molar-refractivity contribution in [1.82, 2.24) is 20.7 Å². The van der Waals surface area contributed by atoms with E-state index in [0.717, 1.165) is 50.2 Å². The second kappa shape index (κ2) is 7.51. The number of urea groups is 1. The number of hydrazine groups is 1. The highest BCUT2D eigenvalue weighted by atomic mass is 16.2. The van der Waals surface area contributed by atoms with Crippen molar-refractivity contribution < 1.29 is 14.4 Å². The SMILES string of the molecule is O=C(CN1CCCCCCC1)NN1C(=O)NC2(CCCCC2)C1=O. The van der Waals surface area contributed by atoms with Gasteiger partial charge in [0, 0.05) is 0 Å². The topological polar surface area (TPSA) is 81.8 Å². The lowest BCUT2D eigenvalue weighted by molar-refractivity contribution is -0.140. The van der Waals surface area contributed by atoms with Crippen molar-refractivity contribution >= 4 is 17.8 Å². The summed E-state index contributed by atoms with van der Waals surface area (Å²) >= 11 is 0. The third-order valence-corrected chi connectivity index (χ3v) is 5.42. The summed E-state index contributed by atoms with van der Waals surface area (Å²) in [5.41, 5.74) is 1.74. The Morgan fingerprint density at radius 1 is 0.958 bits per heavy atom. The van der Waals surface area contributed by atoms with E-state index in [1.54, 1.807) is 0 Å². The number of nitrogens with one attached hydrogen (secondary N) is 2. The Balaban J connectivity index is 1.55. The smallest absolute Gasteiger partial charge is 0.322 e. The van der Waals surface area contributed by atoms with Gasteiger partial charge in [-0.15, -0.1) is 0 Å². The first-order valence-corrected chi connectivity index (χ1v) is 9.29. The first-order valence-electron chi connectivity index (χ1n) is 9.29. The number of carbonyl (C=O) groups excluding carboxylic acids is 3. The fourth-order valence-corrected chi connectivity index (χ4v) is 4.05. The zero-order valence-electron chi connectivity index (χ0n) is 14.3. The van der Waals surface area contributed by atoms with E-state index < -0.39 is 11.6 Å². The Hall–Kier alpha value is -1.63. The third kappa shape index (κ3) is 3.71. The molecular weight excluding hydrogens is 308 g/mol. The summed E-state index contributed by atoms with van der Waals surface area (Å²) in [7, 11) is 0. The van der Waals surface area contributed by atoms with Crippen LogP contribution in [0.4, 0.5) is 4.79 Å². The molecule has 3 aliphatic rings. The molecule has 0 bridgehead atoms. The summed E-state index contributed by atoms with van der Waals surface area (Å²) in [6.45, 7) is 2.04. The first kappa shape index (κ1) is 17.2. The molecule has 0 aromatic carbocycles. The molecule has 3 rings (SSSR count). The maximum atomic E-state index is 12.6. The van der Waals surface area contributed by atoms with Gasteiger partial charge in [0.2, 0.25) is 0 Å². The monoisotopic (exact) mass is 336 g/mol. The van der Waals surface area contributed by atoms with Crippen molar-refractivity contribution in [3.8, 4) is 0 Å². The van der Waals surface area contributed by atoms with E-state index in [1.807, 2.05) is 0 Å². The summed E-state index contributed by atoms with van der Waals surface area (Å²) in [6, 6.07) is -0.497. The molecule has 24 heavy (non-hydrogen) atoms. The summed E-state index contributed by atoms with van der Waals surface area (Å²) in [6.07, 6.45) is 10.1. The average Bonchev–Trinajstić information content (AvgIpc) is 2.75. The van der Waals surface area contributed by atoms with Crippen LogP contribution in [0.1, 0.15) is 64.2 Å². The molecule has 3 fully saturated rings. The lowest BCUT2D eigenvalue weighted by Crippen LogP contribution is -2.52. The number of nitrogens with zero attached hydrogens (tertiary/aromatic N) is 2. The quantitative estimate of drug-likeness (QED) is 0.766. The zero-order chi connectivity index (χ0) is 17.0. The van der Waals surface area contributed by atoms with E-state index in [0.29, 0.717) is 12.8 Å². The van der Waals surface area contributed by atoms with E-state index in [1.165, 1.54) is 19.3 Å². The van der Waals surface area contributed by atoms with Crippen LogP contribution in [-0.2, 0) is 9.59 Å². The van der Waals surface area contributed by atoms with Gasteiger partial charge in [-0.1, -0.05) is 38.5 Å². The average molecular weight is 336 g/mol. The molecule has 0 unspecified atom stereocenters. The summed E-state index contributed by atoms with van der Waals surface area (Å²) in [5, 5.41) is 3.71. The van der Waals surface area contributed by atoms with E-state index in [4.69, 9.17) is 0 Å². The van der Waals surface area contributed by atoms with Crippen LogP contribution in [0, 0.1) is 0 Å². The van der Waals surface area contributed by atoms with Crippen molar-refractivity contribution in [3.63, 3.8) is 0 Å². The molecule has 2 aliphatic heterocycles. The molecule has 2 heterocycles. The number of imide groups is 1. The maximum absolute atomic E-state index is 12.6. The Morgan fingerprint density at radius 3 is 2.21 bits per heavy atom. The second-order valence-corrected chi connectivity index (χ2v) is 7.29. The number of amides is 4. The van der Waals surface area contributed by atoms with Gasteiger partial charge in [0.25, 0.3) is 11.8 Å². The van der Waals surface area contributed by atoms with E-state index in [9.17, 15) is 14.4 Å². The summed E-state index contributed by atoms with van der Waals surface area (Å²) < 4.78 is 0. The van der Waals surface area contributed by atoms with Gasteiger partial charge in [-0.2, -0.15) is 5.01 Å². The molecule has 2 saturated heterocycles. The van der Waals surface area contributed by atoms with Crippen molar-refractivity contribution in [2.24, 2.45) is 0 Å². The van der Waals surface area contributed by atoms with Crippen molar-refractivity contribution in [2.45, 2.75) is 69.7 Å². The fraction of sp³-hybridized carbons (Fsp3) is 0.824. The highest BCUT2D eigenvalue weighted by Crippen LogP contribution is 2.32. The first-order chi connectivity index (χ1) is 11.6. The second-order valence-electron chi connectivity index (χ2n) is 7.29. The van der Waals surface area contributed by atoms with Crippen LogP contribution in [0.25, 0.3) is 0 Å². The lowest BCUT2D eigenvalue weighted by Gasteiger charge is -2.30. The lowest BCUT2D eigenvalue weighted by atomic mass is 9.82. The van der Waals surface area contributed by atoms with Crippen LogP contribution in [0.5, 0.6) is 0 Å². The number of hydrogen-bond donors (Lipinski definition) is 2. The minimum Gasteiger partial charge on any atom is -0.322 e. The summed E-state index contributed by atoms with van der Waals surface area (Å²) in [5.74, 6) is -0.583. The van der Waals surface area contributed by atoms with Crippen molar-refractivity contribution in [1.29, 1.82) is 0 Å². The molecule has 4 amide bonds. The Bertz CT molecular complexity index is 494. The van der Waals surface area contributed by atoms with Crippen LogP contribution in [-0.4, -0.2) is 52.9 Å². The van der Waals surface area contributed by atoms with Gasteiger partial charge in [-0.05, 0) is 38.8 Å². The van der Waals surface area contributed by atoms with Gasteiger partial charge in [-0.3, -0.25) is 19.9 Å². The molecule has 2 N–H and O–H groups in total. The van der Waals surface area contributed by atoms with Gasteiger partial charge < -0.3 is 5.32 Å². The largest absolute Gasteiger partial charge is 0.344 e. The van der Waals surface area contributed by atoms with Crippen LogP contribution >= 0.6 is 0 Å². The van der Waals surface area contributed by atoms with Gasteiger partial charge in [0.1, 0.15) is 5.54 Å². The standard InChI is InChI=1S/C17H28N4O3/c22-14(13-20-11-7-2-1-3-8-12-20)19-21-15(23)17(18-16(21)24)9-5-4-6-10-17/h1-13H2,(H,18,24)(H,19,22). The Kier molecular flexibility index (Phi) is 5.38. The molecule has 1 saturated carbocycles. The zero-order valence-corrected chi connectivity index (χ0v) is 14.3. The van der Waals surface area contributed by atoms with Gasteiger partial charge in [0.15, 0.2) is 0 Å². The van der Waals surface area contributed by atoms with Gasteiger partial charge in [0.05, 0.1) is 6.54 Å².